The first-order valence-electron chi connectivity index (χ1n) is 5.93. The molecule has 0 nitrogen and oxygen atoms in total. The molecule has 0 atom stereocenters. The molecule has 0 saturated heterocycles. The maximum absolute atomic E-state index is 5.44. The summed E-state index contributed by atoms with van der Waals surface area (Å²) in [5, 5.41) is 2.51. The molecule has 0 aromatic heterocycles. The summed E-state index contributed by atoms with van der Waals surface area (Å²) < 4.78 is 0. The molecule has 0 N–H and O–H groups in total. The molecule has 0 aliphatic heterocycles. The van der Waals surface area contributed by atoms with E-state index in [0.29, 0.717) is 0 Å². The Morgan fingerprint density at radius 3 is 2.28 bits per heavy atom. The van der Waals surface area contributed by atoms with Gasteiger partial charge in [-0.2, -0.15) is 0 Å². The highest BCUT2D eigenvalue weighted by molar-refractivity contribution is 5.87. The Balaban J connectivity index is 2.16. The Morgan fingerprint density at radius 2 is 1.44 bits per heavy atom. The molecule has 0 heteroatoms. The van der Waals surface area contributed by atoms with Crippen LogP contribution in [0.4, 0.5) is 0 Å². The fourth-order valence-corrected chi connectivity index (χ4v) is 2.16. The van der Waals surface area contributed by atoms with E-state index in [1.807, 2.05) is 18.2 Å². The quantitative estimate of drug-likeness (QED) is 0.538. The predicted molar refractivity (Wildman–Crippen MR) is 77.3 cm³/mol. The third-order valence-corrected chi connectivity index (χ3v) is 3.11. The van der Waals surface area contributed by atoms with E-state index in [1.54, 1.807) is 0 Å². The average Bonchev–Trinajstić information content (AvgIpc) is 2.47. The van der Waals surface area contributed by atoms with Gasteiger partial charge >= 0.3 is 0 Å². The lowest BCUT2D eigenvalue weighted by atomic mass is 10.00. The van der Waals surface area contributed by atoms with Gasteiger partial charge in [-0.15, -0.1) is 6.42 Å². The first-order chi connectivity index (χ1) is 8.86. The van der Waals surface area contributed by atoms with Gasteiger partial charge in [0, 0.05) is 5.56 Å². The summed E-state index contributed by atoms with van der Waals surface area (Å²) in [4.78, 5) is 0. The molecule has 0 aliphatic carbocycles. The van der Waals surface area contributed by atoms with E-state index >= 15 is 0 Å². The predicted octanol–water partition coefficient (Wildman–Crippen LogP) is 4.49. The maximum Gasteiger partial charge on any atom is 0.0248 e. The smallest absolute Gasteiger partial charge is 0.0248 e. The highest BCUT2D eigenvalue weighted by Crippen LogP contribution is 2.24. The van der Waals surface area contributed by atoms with E-state index in [1.165, 1.54) is 16.3 Å². The molecule has 0 fully saturated rings. The van der Waals surface area contributed by atoms with E-state index in [0.717, 1.165) is 11.1 Å². The molecule has 3 aromatic carbocycles. The van der Waals surface area contributed by atoms with Crippen LogP contribution in [0.5, 0.6) is 0 Å². The molecule has 84 valence electrons. The van der Waals surface area contributed by atoms with Crippen LogP contribution in [0.3, 0.4) is 0 Å². The van der Waals surface area contributed by atoms with Crippen LogP contribution in [0.1, 0.15) is 5.56 Å². The maximum atomic E-state index is 5.44. The van der Waals surface area contributed by atoms with Crippen molar-refractivity contribution in [2.24, 2.45) is 0 Å². The molecule has 0 radical (unpaired) electrons. The third-order valence-electron chi connectivity index (χ3n) is 3.11. The van der Waals surface area contributed by atoms with Gasteiger partial charge in [-0.3, -0.25) is 0 Å². The number of fused-ring (bicyclic) bond motifs is 1. The second kappa shape index (κ2) is 4.39. The van der Waals surface area contributed by atoms with Crippen LogP contribution < -0.4 is 0 Å². The molecule has 3 aromatic rings. The van der Waals surface area contributed by atoms with Crippen LogP contribution in [-0.4, -0.2) is 0 Å². The fourth-order valence-electron chi connectivity index (χ4n) is 2.16. The SMILES string of the molecule is C#Cc1cccc(-c2ccc3ccccc3c2)c1. The second-order valence-corrected chi connectivity index (χ2v) is 4.29. The number of rotatable bonds is 1. The zero-order valence-corrected chi connectivity index (χ0v) is 9.93. The lowest BCUT2D eigenvalue weighted by Gasteiger charge is -2.04. The normalized spacial score (nSPS) is 10.2. The first kappa shape index (κ1) is 10.6. The molecule has 0 unspecified atom stereocenters. The molecule has 0 amide bonds. The van der Waals surface area contributed by atoms with Gasteiger partial charge < -0.3 is 0 Å². The van der Waals surface area contributed by atoms with E-state index in [4.69, 9.17) is 6.42 Å². The van der Waals surface area contributed by atoms with E-state index < -0.39 is 0 Å². The van der Waals surface area contributed by atoms with Crippen molar-refractivity contribution in [2.75, 3.05) is 0 Å². The van der Waals surface area contributed by atoms with Gasteiger partial charge in [0.1, 0.15) is 0 Å². The number of hydrogen-bond acceptors (Lipinski definition) is 0. The van der Waals surface area contributed by atoms with Crippen LogP contribution in [0.25, 0.3) is 21.9 Å². The minimum Gasteiger partial charge on any atom is -0.115 e. The minimum atomic E-state index is 0.917. The molecule has 0 aliphatic rings. The lowest BCUT2D eigenvalue weighted by Crippen LogP contribution is -1.80. The van der Waals surface area contributed by atoms with Crippen LogP contribution >= 0.6 is 0 Å². The number of benzene rings is 3. The molecule has 0 spiro atoms. The summed E-state index contributed by atoms with van der Waals surface area (Å²) in [5.41, 5.74) is 3.28. The Hall–Kier alpha value is -2.52. The van der Waals surface area contributed by atoms with Gasteiger partial charge in [0.05, 0.1) is 0 Å². The Morgan fingerprint density at radius 1 is 0.667 bits per heavy atom. The van der Waals surface area contributed by atoms with Crippen molar-refractivity contribution in [3.63, 3.8) is 0 Å². The van der Waals surface area contributed by atoms with Crippen molar-refractivity contribution in [2.45, 2.75) is 0 Å². The van der Waals surface area contributed by atoms with Crippen molar-refractivity contribution in [1.29, 1.82) is 0 Å². The lowest BCUT2D eigenvalue weighted by molar-refractivity contribution is 1.61. The number of hydrogen-bond donors (Lipinski definition) is 0. The van der Waals surface area contributed by atoms with Gasteiger partial charge in [-0.1, -0.05) is 54.5 Å². The van der Waals surface area contributed by atoms with Crippen molar-refractivity contribution < 1.29 is 0 Å². The summed E-state index contributed by atoms with van der Waals surface area (Å²) in [5.74, 6) is 2.67. The standard InChI is InChI=1S/C18H12/c1-2-14-6-5-9-16(12-14)18-11-10-15-7-3-4-8-17(15)13-18/h1,3-13H. The highest BCUT2D eigenvalue weighted by Gasteiger charge is 2.00. The monoisotopic (exact) mass is 228 g/mol. The zero-order valence-electron chi connectivity index (χ0n) is 9.93. The summed E-state index contributed by atoms with van der Waals surface area (Å²) in [6.45, 7) is 0. The Labute approximate surface area is 107 Å². The average molecular weight is 228 g/mol. The first-order valence-corrected chi connectivity index (χ1v) is 5.93. The van der Waals surface area contributed by atoms with E-state index in [-0.39, 0.29) is 0 Å². The zero-order chi connectivity index (χ0) is 12.4. The Kier molecular flexibility index (Phi) is 2.59. The summed E-state index contributed by atoms with van der Waals surface area (Å²) in [6.07, 6.45) is 5.44. The van der Waals surface area contributed by atoms with Gasteiger partial charge in [-0.05, 0) is 40.1 Å². The summed E-state index contributed by atoms with van der Waals surface area (Å²) in [6, 6.07) is 22.9. The molecule has 3 rings (SSSR count). The van der Waals surface area contributed by atoms with Gasteiger partial charge in [0.2, 0.25) is 0 Å². The largest absolute Gasteiger partial charge is 0.115 e. The minimum absolute atomic E-state index is 0.917. The molecule has 0 bridgehead atoms. The topological polar surface area (TPSA) is 0 Å². The van der Waals surface area contributed by atoms with Crippen molar-refractivity contribution in [3.05, 3.63) is 72.3 Å². The van der Waals surface area contributed by atoms with Gasteiger partial charge in [0.15, 0.2) is 0 Å². The van der Waals surface area contributed by atoms with E-state index in [9.17, 15) is 0 Å². The van der Waals surface area contributed by atoms with E-state index in [2.05, 4.69) is 54.5 Å². The molecule has 0 saturated carbocycles. The van der Waals surface area contributed by atoms with Crippen molar-refractivity contribution >= 4 is 10.8 Å². The van der Waals surface area contributed by atoms with Gasteiger partial charge in [-0.25, -0.2) is 0 Å². The van der Waals surface area contributed by atoms with Gasteiger partial charge in [0.25, 0.3) is 0 Å². The summed E-state index contributed by atoms with van der Waals surface area (Å²) >= 11 is 0. The van der Waals surface area contributed by atoms with Crippen LogP contribution in [0, 0.1) is 12.3 Å². The second-order valence-electron chi connectivity index (χ2n) is 4.29. The molecule has 0 heterocycles. The van der Waals surface area contributed by atoms with Crippen molar-refractivity contribution in [1.82, 2.24) is 0 Å². The molecular formula is C18H12. The molecular weight excluding hydrogens is 216 g/mol. The fraction of sp³-hybridized carbons (Fsp3) is 0. The highest BCUT2D eigenvalue weighted by atomic mass is 14.0. The van der Waals surface area contributed by atoms with Crippen LogP contribution in [0.2, 0.25) is 0 Å². The van der Waals surface area contributed by atoms with Crippen molar-refractivity contribution in [3.8, 4) is 23.5 Å². The summed E-state index contributed by atoms with van der Waals surface area (Å²) in [7, 11) is 0. The molecule has 18 heavy (non-hydrogen) atoms. The van der Waals surface area contributed by atoms with Crippen LogP contribution in [-0.2, 0) is 0 Å². The third kappa shape index (κ3) is 1.87. The number of terminal acetylenes is 1. The van der Waals surface area contributed by atoms with Crippen LogP contribution in [0.15, 0.2) is 66.7 Å². The Bertz CT molecular complexity index is 745.